The molecule has 5 heteroatoms. The van der Waals surface area contributed by atoms with Gasteiger partial charge in [-0.2, -0.15) is 0 Å². The topological polar surface area (TPSA) is 58.2 Å². The quantitative estimate of drug-likeness (QED) is 0.724. The Balaban J connectivity index is 2.24. The zero-order valence-electron chi connectivity index (χ0n) is 12.7. The molecule has 0 saturated heterocycles. The Bertz CT molecular complexity index is 489. The van der Waals surface area contributed by atoms with Crippen LogP contribution in [0.1, 0.15) is 48.5 Å². The van der Waals surface area contributed by atoms with Crippen LogP contribution in [0.15, 0.2) is 18.2 Å². The Morgan fingerprint density at radius 2 is 1.86 bits per heavy atom. The molecule has 2 amide bonds. The molecule has 0 fully saturated rings. The fourth-order valence-electron chi connectivity index (χ4n) is 1.84. The zero-order valence-corrected chi connectivity index (χ0v) is 12.7. The number of hydrogen-bond acceptors (Lipinski definition) is 2. The summed E-state index contributed by atoms with van der Waals surface area (Å²) in [5, 5.41) is 5.39. The molecule has 1 rings (SSSR count). The minimum absolute atomic E-state index is 0.000852. The van der Waals surface area contributed by atoms with E-state index < -0.39 is 5.82 Å². The molecular formula is C16H23FN2O2. The van der Waals surface area contributed by atoms with Gasteiger partial charge in [-0.1, -0.05) is 25.8 Å². The predicted molar refractivity (Wildman–Crippen MR) is 80.6 cm³/mol. The highest BCUT2D eigenvalue weighted by Gasteiger charge is 2.07. The van der Waals surface area contributed by atoms with E-state index in [1.165, 1.54) is 6.07 Å². The predicted octanol–water partition coefficient (Wildman–Crippen LogP) is 2.56. The van der Waals surface area contributed by atoms with Crippen LogP contribution in [0.5, 0.6) is 0 Å². The van der Waals surface area contributed by atoms with Crippen LogP contribution in [-0.4, -0.2) is 24.9 Å². The maximum Gasteiger partial charge on any atom is 0.251 e. The Labute approximate surface area is 125 Å². The zero-order chi connectivity index (χ0) is 15.7. The molecule has 4 nitrogen and oxygen atoms in total. The van der Waals surface area contributed by atoms with E-state index in [1.807, 2.05) is 0 Å². The summed E-state index contributed by atoms with van der Waals surface area (Å²) in [6, 6.07) is 4.37. The second-order valence-electron chi connectivity index (χ2n) is 5.03. The van der Waals surface area contributed by atoms with Gasteiger partial charge in [0.25, 0.3) is 5.91 Å². The van der Waals surface area contributed by atoms with Crippen LogP contribution in [0.3, 0.4) is 0 Å². The van der Waals surface area contributed by atoms with Gasteiger partial charge in [-0.3, -0.25) is 9.59 Å². The van der Waals surface area contributed by atoms with Crippen molar-refractivity contribution in [2.24, 2.45) is 0 Å². The van der Waals surface area contributed by atoms with Gasteiger partial charge in [-0.15, -0.1) is 0 Å². The summed E-state index contributed by atoms with van der Waals surface area (Å²) in [4.78, 5) is 23.2. The lowest BCUT2D eigenvalue weighted by Gasteiger charge is -2.07. The molecule has 0 radical (unpaired) electrons. The molecule has 2 N–H and O–H groups in total. The van der Waals surface area contributed by atoms with Gasteiger partial charge in [0, 0.05) is 25.1 Å². The maximum absolute atomic E-state index is 13.3. The van der Waals surface area contributed by atoms with Gasteiger partial charge in [0.05, 0.1) is 0 Å². The SMILES string of the molecule is CCCCCC(=O)NCCNC(=O)c1ccc(C)c(F)c1. The van der Waals surface area contributed by atoms with Crippen LogP contribution in [0.25, 0.3) is 0 Å². The van der Waals surface area contributed by atoms with Crippen LogP contribution in [-0.2, 0) is 4.79 Å². The van der Waals surface area contributed by atoms with Gasteiger partial charge >= 0.3 is 0 Å². The van der Waals surface area contributed by atoms with E-state index in [-0.39, 0.29) is 17.4 Å². The first-order chi connectivity index (χ1) is 10.0. The van der Waals surface area contributed by atoms with Crippen molar-refractivity contribution in [3.05, 3.63) is 35.1 Å². The van der Waals surface area contributed by atoms with Crippen LogP contribution in [0.2, 0.25) is 0 Å². The van der Waals surface area contributed by atoms with E-state index in [0.717, 1.165) is 19.3 Å². The van der Waals surface area contributed by atoms with Crippen LogP contribution < -0.4 is 10.6 Å². The maximum atomic E-state index is 13.3. The second kappa shape index (κ2) is 9.10. The summed E-state index contributed by atoms with van der Waals surface area (Å²) in [7, 11) is 0. The molecule has 116 valence electrons. The average Bonchev–Trinajstić information content (AvgIpc) is 2.46. The number of hydrogen-bond donors (Lipinski definition) is 2. The van der Waals surface area contributed by atoms with Crippen molar-refractivity contribution in [1.82, 2.24) is 10.6 Å². The van der Waals surface area contributed by atoms with Crippen molar-refractivity contribution in [3.8, 4) is 0 Å². The number of unbranched alkanes of at least 4 members (excludes halogenated alkanes) is 2. The number of amides is 2. The molecule has 0 unspecified atom stereocenters. The molecule has 0 aliphatic carbocycles. The van der Waals surface area contributed by atoms with E-state index in [0.29, 0.717) is 25.1 Å². The smallest absolute Gasteiger partial charge is 0.251 e. The normalized spacial score (nSPS) is 10.2. The van der Waals surface area contributed by atoms with Crippen molar-refractivity contribution in [2.45, 2.75) is 39.5 Å². The van der Waals surface area contributed by atoms with Crippen molar-refractivity contribution < 1.29 is 14.0 Å². The number of halogens is 1. The molecule has 0 aromatic heterocycles. The van der Waals surface area contributed by atoms with Gasteiger partial charge in [-0.05, 0) is 31.0 Å². The highest BCUT2D eigenvalue weighted by Crippen LogP contribution is 2.08. The molecule has 21 heavy (non-hydrogen) atoms. The monoisotopic (exact) mass is 294 g/mol. The van der Waals surface area contributed by atoms with Gasteiger partial charge in [0.2, 0.25) is 5.91 Å². The van der Waals surface area contributed by atoms with Crippen molar-refractivity contribution in [1.29, 1.82) is 0 Å². The number of rotatable bonds is 8. The fourth-order valence-corrected chi connectivity index (χ4v) is 1.84. The number of carbonyl (C=O) groups is 2. The highest BCUT2D eigenvalue weighted by molar-refractivity contribution is 5.94. The minimum atomic E-state index is -0.396. The largest absolute Gasteiger partial charge is 0.354 e. The van der Waals surface area contributed by atoms with E-state index in [1.54, 1.807) is 19.1 Å². The summed E-state index contributed by atoms with van der Waals surface area (Å²) >= 11 is 0. The van der Waals surface area contributed by atoms with E-state index >= 15 is 0 Å². The van der Waals surface area contributed by atoms with Crippen molar-refractivity contribution >= 4 is 11.8 Å². The standard InChI is InChI=1S/C16H23FN2O2/c1-3-4-5-6-15(20)18-9-10-19-16(21)13-8-7-12(2)14(17)11-13/h7-8,11H,3-6,9-10H2,1-2H3,(H,18,20)(H,19,21). The number of carbonyl (C=O) groups excluding carboxylic acids is 2. The molecule has 0 aliphatic rings. The number of aryl methyl sites for hydroxylation is 1. The Kier molecular flexibility index (Phi) is 7.43. The molecular weight excluding hydrogens is 271 g/mol. The lowest BCUT2D eigenvalue weighted by molar-refractivity contribution is -0.121. The molecule has 0 heterocycles. The Morgan fingerprint density at radius 3 is 2.52 bits per heavy atom. The first-order valence-corrected chi connectivity index (χ1v) is 7.35. The average molecular weight is 294 g/mol. The first kappa shape index (κ1) is 17.1. The molecule has 0 bridgehead atoms. The van der Waals surface area contributed by atoms with E-state index in [2.05, 4.69) is 17.6 Å². The van der Waals surface area contributed by atoms with Gasteiger partial charge < -0.3 is 10.6 Å². The third-order valence-electron chi connectivity index (χ3n) is 3.17. The van der Waals surface area contributed by atoms with Gasteiger partial charge in [0.15, 0.2) is 0 Å². The molecule has 1 aromatic rings. The van der Waals surface area contributed by atoms with Gasteiger partial charge in [-0.25, -0.2) is 4.39 Å². The molecule has 1 aromatic carbocycles. The molecule has 0 spiro atoms. The van der Waals surface area contributed by atoms with Crippen LogP contribution >= 0.6 is 0 Å². The van der Waals surface area contributed by atoms with E-state index in [4.69, 9.17) is 0 Å². The number of nitrogens with one attached hydrogen (secondary N) is 2. The number of benzene rings is 1. The van der Waals surface area contributed by atoms with Crippen LogP contribution in [0.4, 0.5) is 4.39 Å². The van der Waals surface area contributed by atoms with Crippen molar-refractivity contribution in [2.75, 3.05) is 13.1 Å². The third-order valence-corrected chi connectivity index (χ3v) is 3.17. The summed E-state index contributed by atoms with van der Waals surface area (Å²) in [6.07, 6.45) is 3.53. The summed E-state index contributed by atoms with van der Waals surface area (Å²) < 4.78 is 13.3. The van der Waals surface area contributed by atoms with E-state index in [9.17, 15) is 14.0 Å². The van der Waals surface area contributed by atoms with Gasteiger partial charge in [0.1, 0.15) is 5.82 Å². The Hall–Kier alpha value is -1.91. The highest BCUT2D eigenvalue weighted by atomic mass is 19.1. The molecule has 0 atom stereocenters. The summed E-state index contributed by atoms with van der Waals surface area (Å²) in [6.45, 7) is 4.44. The van der Waals surface area contributed by atoms with Crippen LogP contribution in [0, 0.1) is 12.7 Å². The lowest BCUT2D eigenvalue weighted by Crippen LogP contribution is -2.34. The van der Waals surface area contributed by atoms with Crippen molar-refractivity contribution in [3.63, 3.8) is 0 Å². The second-order valence-corrected chi connectivity index (χ2v) is 5.03. The molecule has 0 aliphatic heterocycles. The summed E-state index contributed by atoms with van der Waals surface area (Å²) in [5.74, 6) is -0.736. The lowest BCUT2D eigenvalue weighted by atomic mass is 10.1. The molecule has 0 saturated carbocycles. The minimum Gasteiger partial charge on any atom is -0.354 e. The first-order valence-electron chi connectivity index (χ1n) is 7.35. The fraction of sp³-hybridized carbons (Fsp3) is 0.500. The third kappa shape index (κ3) is 6.38. The summed E-state index contributed by atoms with van der Waals surface area (Å²) in [5.41, 5.74) is 0.790. The Morgan fingerprint density at radius 1 is 1.14 bits per heavy atom.